The van der Waals surface area contributed by atoms with Crippen LogP contribution < -0.4 is 10.1 Å². The Bertz CT molecular complexity index is 1180. The molecule has 156 valence electrons. The van der Waals surface area contributed by atoms with E-state index in [-0.39, 0.29) is 34.4 Å². The lowest BCUT2D eigenvalue weighted by molar-refractivity contribution is -0.384. The summed E-state index contributed by atoms with van der Waals surface area (Å²) in [6, 6.07) is 18.4. The predicted octanol–water partition coefficient (Wildman–Crippen LogP) is 4.65. The van der Waals surface area contributed by atoms with Crippen molar-refractivity contribution in [2.24, 2.45) is 0 Å². The zero-order chi connectivity index (χ0) is 22.4. The highest BCUT2D eigenvalue weighted by molar-refractivity contribution is 6.01. The van der Waals surface area contributed by atoms with Crippen molar-refractivity contribution >= 4 is 17.7 Å². The van der Waals surface area contributed by atoms with Crippen LogP contribution in [0.4, 0.5) is 5.69 Å². The van der Waals surface area contributed by atoms with Gasteiger partial charge in [-0.3, -0.25) is 14.9 Å². The zero-order valence-corrected chi connectivity index (χ0v) is 16.9. The number of carbonyl (C=O) groups is 1. The summed E-state index contributed by atoms with van der Waals surface area (Å²) < 4.78 is 10.7. The standard InChI is InChI=1S/C23H19N3O5/c1-15(16-6-4-3-5-7-16)25-23(27)17(14-24)12-19-9-11-22(31-19)20-10-8-18(30-2)13-21(20)26(28)29/h3-13,15H,1-2H3,(H,25,27)/b17-12+/t15-/m0/s1. The third kappa shape index (κ3) is 4.97. The fourth-order valence-electron chi connectivity index (χ4n) is 2.96. The van der Waals surface area contributed by atoms with Crippen molar-refractivity contribution in [2.45, 2.75) is 13.0 Å². The minimum absolute atomic E-state index is 0.145. The lowest BCUT2D eigenvalue weighted by atomic mass is 10.1. The first-order chi connectivity index (χ1) is 14.9. The van der Waals surface area contributed by atoms with Crippen LogP contribution >= 0.6 is 0 Å². The number of nitro groups is 1. The number of furan rings is 1. The molecule has 0 saturated carbocycles. The average Bonchev–Trinajstić information content (AvgIpc) is 3.25. The molecule has 0 aliphatic heterocycles. The van der Waals surface area contributed by atoms with Crippen LogP contribution in [0.2, 0.25) is 0 Å². The topological polar surface area (TPSA) is 118 Å². The van der Waals surface area contributed by atoms with Gasteiger partial charge in [0.15, 0.2) is 0 Å². The maximum atomic E-state index is 12.5. The number of amides is 1. The van der Waals surface area contributed by atoms with Crippen LogP contribution in [-0.2, 0) is 4.79 Å². The first-order valence-electron chi connectivity index (χ1n) is 9.33. The van der Waals surface area contributed by atoms with Gasteiger partial charge in [0.25, 0.3) is 11.6 Å². The van der Waals surface area contributed by atoms with E-state index in [1.54, 1.807) is 12.1 Å². The summed E-state index contributed by atoms with van der Waals surface area (Å²) >= 11 is 0. The molecule has 0 aliphatic rings. The number of ether oxygens (including phenoxy) is 1. The summed E-state index contributed by atoms with van der Waals surface area (Å²) in [4.78, 5) is 23.4. The second kappa shape index (κ2) is 9.41. The lowest BCUT2D eigenvalue weighted by Gasteiger charge is -2.13. The van der Waals surface area contributed by atoms with E-state index in [1.165, 1.54) is 31.4 Å². The molecule has 8 heteroatoms. The Hall–Kier alpha value is -4.38. The van der Waals surface area contributed by atoms with Crippen LogP contribution in [0.15, 0.2) is 70.7 Å². The summed E-state index contributed by atoms with van der Waals surface area (Å²) in [5.74, 6) is 0.250. The SMILES string of the molecule is COc1ccc(-c2ccc(/C=C(\C#N)C(=O)N[C@@H](C)c3ccccc3)o2)c([N+](=O)[O-])c1. The summed E-state index contributed by atoms with van der Waals surface area (Å²) in [5, 5.41) is 23.6. The number of methoxy groups -OCH3 is 1. The summed E-state index contributed by atoms with van der Waals surface area (Å²) in [6.45, 7) is 1.82. The molecule has 1 aromatic heterocycles. The first kappa shape index (κ1) is 21.3. The molecule has 0 fully saturated rings. The molecule has 31 heavy (non-hydrogen) atoms. The number of nitro benzene ring substituents is 1. The van der Waals surface area contributed by atoms with E-state index in [0.29, 0.717) is 5.75 Å². The first-order valence-corrected chi connectivity index (χ1v) is 9.33. The molecule has 0 bridgehead atoms. The van der Waals surface area contributed by atoms with Gasteiger partial charge < -0.3 is 14.5 Å². The molecule has 0 spiro atoms. The Morgan fingerprint density at radius 1 is 1.23 bits per heavy atom. The van der Waals surface area contributed by atoms with Crippen LogP contribution in [0.5, 0.6) is 5.75 Å². The smallest absolute Gasteiger partial charge is 0.284 e. The molecule has 3 rings (SSSR count). The molecule has 0 radical (unpaired) electrons. The minimum Gasteiger partial charge on any atom is -0.497 e. The van der Waals surface area contributed by atoms with Gasteiger partial charge in [-0.15, -0.1) is 0 Å². The van der Waals surface area contributed by atoms with E-state index >= 15 is 0 Å². The van der Waals surface area contributed by atoms with Gasteiger partial charge in [0.05, 0.1) is 29.7 Å². The van der Waals surface area contributed by atoms with Gasteiger partial charge >= 0.3 is 0 Å². The van der Waals surface area contributed by atoms with Gasteiger partial charge in [-0.25, -0.2) is 0 Å². The Morgan fingerprint density at radius 2 is 1.97 bits per heavy atom. The largest absolute Gasteiger partial charge is 0.497 e. The molecule has 1 amide bonds. The molecule has 0 unspecified atom stereocenters. The molecule has 0 saturated heterocycles. The Morgan fingerprint density at radius 3 is 2.61 bits per heavy atom. The molecule has 1 N–H and O–H groups in total. The molecule has 1 atom stereocenters. The van der Waals surface area contributed by atoms with Crippen molar-refractivity contribution in [2.75, 3.05) is 7.11 Å². The maximum Gasteiger partial charge on any atom is 0.284 e. The Balaban J connectivity index is 1.84. The minimum atomic E-state index is -0.549. The molecule has 8 nitrogen and oxygen atoms in total. The van der Waals surface area contributed by atoms with Gasteiger partial charge in [0.2, 0.25) is 0 Å². The van der Waals surface area contributed by atoms with Crippen LogP contribution in [-0.4, -0.2) is 17.9 Å². The second-order valence-electron chi connectivity index (χ2n) is 6.62. The third-order valence-electron chi connectivity index (χ3n) is 4.59. The van der Waals surface area contributed by atoms with Crippen LogP contribution in [0.25, 0.3) is 17.4 Å². The normalized spacial score (nSPS) is 12.0. The van der Waals surface area contributed by atoms with Gasteiger partial charge in [0.1, 0.15) is 28.9 Å². The van der Waals surface area contributed by atoms with Crippen LogP contribution in [0, 0.1) is 21.4 Å². The number of hydrogen-bond acceptors (Lipinski definition) is 6. The Labute approximate surface area is 178 Å². The van der Waals surface area contributed by atoms with E-state index in [1.807, 2.05) is 43.3 Å². The molecular formula is C23H19N3O5. The van der Waals surface area contributed by atoms with Crippen molar-refractivity contribution in [3.05, 3.63) is 87.7 Å². The second-order valence-corrected chi connectivity index (χ2v) is 6.62. The maximum absolute atomic E-state index is 12.5. The van der Waals surface area contributed by atoms with Crippen molar-refractivity contribution in [1.29, 1.82) is 5.26 Å². The molecule has 2 aromatic carbocycles. The average molecular weight is 417 g/mol. The van der Waals surface area contributed by atoms with Gasteiger partial charge in [-0.2, -0.15) is 5.26 Å². The number of nitriles is 1. The van der Waals surface area contributed by atoms with E-state index in [4.69, 9.17) is 9.15 Å². The number of nitrogens with one attached hydrogen (secondary N) is 1. The fraction of sp³-hybridized carbons (Fsp3) is 0.130. The summed E-state index contributed by atoms with van der Waals surface area (Å²) in [7, 11) is 1.42. The van der Waals surface area contributed by atoms with Crippen LogP contribution in [0.3, 0.4) is 0 Å². The van der Waals surface area contributed by atoms with E-state index in [2.05, 4.69) is 5.32 Å². The Kier molecular flexibility index (Phi) is 6.48. The van der Waals surface area contributed by atoms with Crippen molar-refractivity contribution in [3.63, 3.8) is 0 Å². The summed E-state index contributed by atoms with van der Waals surface area (Å²) in [6.07, 6.45) is 1.30. The highest BCUT2D eigenvalue weighted by Gasteiger charge is 2.20. The number of hydrogen-bond donors (Lipinski definition) is 1. The van der Waals surface area contributed by atoms with Gasteiger partial charge in [-0.05, 0) is 36.8 Å². The zero-order valence-electron chi connectivity index (χ0n) is 16.9. The number of nitrogens with zero attached hydrogens (tertiary/aromatic N) is 2. The van der Waals surface area contributed by atoms with E-state index in [0.717, 1.165) is 5.56 Å². The van der Waals surface area contributed by atoms with Crippen LogP contribution in [0.1, 0.15) is 24.3 Å². The quantitative estimate of drug-likeness (QED) is 0.259. The van der Waals surface area contributed by atoms with Crippen molar-refractivity contribution in [1.82, 2.24) is 5.32 Å². The number of rotatable bonds is 7. The highest BCUT2D eigenvalue weighted by atomic mass is 16.6. The van der Waals surface area contributed by atoms with Crippen molar-refractivity contribution in [3.8, 4) is 23.1 Å². The molecule has 1 heterocycles. The summed E-state index contributed by atoms with van der Waals surface area (Å²) in [5.41, 5.74) is 0.832. The van der Waals surface area contributed by atoms with Crippen molar-refractivity contribution < 1.29 is 18.9 Å². The van der Waals surface area contributed by atoms with E-state index < -0.39 is 10.8 Å². The molecular weight excluding hydrogens is 398 g/mol. The number of carbonyl (C=O) groups excluding carboxylic acids is 1. The molecule has 3 aromatic rings. The third-order valence-corrected chi connectivity index (χ3v) is 4.59. The van der Waals surface area contributed by atoms with E-state index in [9.17, 15) is 20.2 Å². The monoisotopic (exact) mass is 417 g/mol. The predicted molar refractivity (Wildman–Crippen MR) is 114 cm³/mol. The highest BCUT2D eigenvalue weighted by Crippen LogP contribution is 2.34. The van der Waals surface area contributed by atoms with Gasteiger partial charge in [0, 0.05) is 6.08 Å². The fourth-order valence-corrected chi connectivity index (χ4v) is 2.96. The number of benzene rings is 2. The van der Waals surface area contributed by atoms with Gasteiger partial charge in [-0.1, -0.05) is 30.3 Å². The molecule has 0 aliphatic carbocycles. The lowest BCUT2D eigenvalue weighted by Crippen LogP contribution is -2.27.